The molecule has 23 heavy (non-hydrogen) atoms. The molecule has 1 aliphatic rings. The minimum atomic E-state index is -0.0548. The van der Waals surface area contributed by atoms with Gasteiger partial charge < -0.3 is 19.5 Å². The van der Waals surface area contributed by atoms with Gasteiger partial charge in [-0.3, -0.25) is 9.59 Å². The number of H-pyrrole nitrogens is 1. The first kappa shape index (κ1) is 15.1. The van der Waals surface area contributed by atoms with Crippen LogP contribution in [0.15, 0.2) is 48.7 Å². The van der Waals surface area contributed by atoms with Gasteiger partial charge in [0.15, 0.2) is 6.61 Å². The van der Waals surface area contributed by atoms with Gasteiger partial charge in [-0.05, 0) is 24.3 Å². The van der Waals surface area contributed by atoms with Gasteiger partial charge in [-0.2, -0.15) is 0 Å². The van der Waals surface area contributed by atoms with Crippen molar-refractivity contribution in [1.82, 2.24) is 14.8 Å². The van der Waals surface area contributed by atoms with E-state index in [1.54, 1.807) is 28.1 Å². The highest BCUT2D eigenvalue weighted by Gasteiger charge is 2.25. The first-order valence-electron chi connectivity index (χ1n) is 7.62. The van der Waals surface area contributed by atoms with Crippen LogP contribution in [0.25, 0.3) is 0 Å². The van der Waals surface area contributed by atoms with Gasteiger partial charge >= 0.3 is 0 Å². The predicted octanol–water partition coefficient (Wildman–Crippen LogP) is 1.38. The lowest BCUT2D eigenvalue weighted by atomic mass is 10.2. The van der Waals surface area contributed by atoms with Gasteiger partial charge in [-0.15, -0.1) is 0 Å². The number of aromatic nitrogens is 1. The van der Waals surface area contributed by atoms with Gasteiger partial charge in [0.1, 0.15) is 11.4 Å². The summed E-state index contributed by atoms with van der Waals surface area (Å²) in [6, 6.07) is 12.8. The van der Waals surface area contributed by atoms with E-state index < -0.39 is 0 Å². The van der Waals surface area contributed by atoms with Crippen molar-refractivity contribution in [3.8, 4) is 5.75 Å². The zero-order chi connectivity index (χ0) is 16.1. The summed E-state index contributed by atoms with van der Waals surface area (Å²) in [5, 5.41) is 0. The number of rotatable bonds is 4. The van der Waals surface area contributed by atoms with Crippen LogP contribution in [0.4, 0.5) is 0 Å². The van der Waals surface area contributed by atoms with Crippen molar-refractivity contribution in [2.75, 3.05) is 32.8 Å². The van der Waals surface area contributed by atoms with Crippen LogP contribution in [0.5, 0.6) is 5.75 Å². The molecule has 1 N–H and O–H groups in total. The maximum atomic E-state index is 12.2. The molecule has 2 heterocycles. The van der Waals surface area contributed by atoms with E-state index in [1.165, 1.54) is 0 Å². The number of ether oxygens (including phenoxy) is 1. The van der Waals surface area contributed by atoms with Crippen molar-refractivity contribution in [2.45, 2.75) is 0 Å². The molecule has 3 rings (SSSR count). The van der Waals surface area contributed by atoms with Gasteiger partial charge in [0.2, 0.25) is 0 Å². The van der Waals surface area contributed by atoms with E-state index in [-0.39, 0.29) is 18.4 Å². The number of piperazine rings is 1. The second-order valence-electron chi connectivity index (χ2n) is 5.36. The Bertz CT molecular complexity index is 647. The summed E-state index contributed by atoms with van der Waals surface area (Å²) in [4.78, 5) is 30.8. The maximum absolute atomic E-state index is 12.2. The molecule has 0 bridgehead atoms. The minimum Gasteiger partial charge on any atom is -0.484 e. The van der Waals surface area contributed by atoms with Crippen molar-refractivity contribution >= 4 is 11.8 Å². The zero-order valence-electron chi connectivity index (χ0n) is 12.8. The first-order chi connectivity index (χ1) is 11.2. The van der Waals surface area contributed by atoms with E-state index in [9.17, 15) is 9.59 Å². The van der Waals surface area contributed by atoms with Crippen LogP contribution in [-0.2, 0) is 4.79 Å². The summed E-state index contributed by atoms with van der Waals surface area (Å²) in [5.41, 5.74) is 0.581. The van der Waals surface area contributed by atoms with Crippen LogP contribution in [-0.4, -0.2) is 59.4 Å². The molecule has 1 aliphatic heterocycles. The zero-order valence-corrected chi connectivity index (χ0v) is 12.8. The van der Waals surface area contributed by atoms with Gasteiger partial charge in [-0.1, -0.05) is 18.2 Å². The fourth-order valence-electron chi connectivity index (χ4n) is 2.55. The van der Waals surface area contributed by atoms with Gasteiger partial charge in [0.25, 0.3) is 11.8 Å². The lowest BCUT2D eigenvalue weighted by Crippen LogP contribution is -2.51. The number of carbonyl (C=O) groups excluding carboxylic acids is 2. The Balaban J connectivity index is 1.47. The van der Waals surface area contributed by atoms with Crippen molar-refractivity contribution in [3.63, 3.8) is 0 Å². The Kier molecular flexibility index (Phi) is 4.61. The molecule has 1 saturated heterocycles. The molecular weight excluding hydrogens is 294 g/mol. The number of hydrogen-bond acceptors (Lipinski definition) is 3. The van der Waals surface area contributed by atoms with Gasteiger partial charge in [0.05, 0.1) is 0 Å². The molecule has 1 aromatic carbocycles. The third-order valence-corrected chi connectivity index (χ3v) is 3.85. The van der Waals surface area contributed by atoms with Crippen LogP contribution >= 0.6 is 0 Å². The minimum absolute atomic E-state index is 0.0224. The van der Waals surface area contributed by atoms with E-state index in [0.717, 1.165) is 0 Å². The second kappa shape index (κ2) is 7.00. The normalized spacial score (nSPS) is 14.6. The number of aromatic amines is 1. The molecule has 120 valence electrons. The number of nitrogens with one attached hydrogen (secondary N) is 1. The Hall–Kier alpha value is -2.76. The Morgan fingerprint density at radius 3 is 2.30 bits per heavy atom. The smallest absolute Gasteiger partial charge is 0.270 e. The highest BCUT2D eigenvalue weighted by Crippen LogP contribution is 2.10. The van der Waals surface area contributed by atoms with Crippen LogP contribution in [0.3, 0.4) is 0 Å². The lowest BCUT2D eigenvalue weighted by Gasteiger charge is -2.34. The Labute approximate surface area is 134 Å². The lowest BCUT2D eigenvalue weighted by molar-refractivity contribution is -0.134. The highest BCUT2D eigenvalue weighted by atomic mass is 16.5. The second-order valence-corrected chi connectivity index (χ2v) is 5.36. The average molecular weight is 313 g/mol. The molecule has 6 nitrogen and oxygen atoms in total. The average Bonchev–Trinajstić information content (AvgIpc) is 3.15. The fraction of sp³-hybridized carbons (Fsp3) is 0.294. The van der Waals surface area contributed by atoms with Crippen molar-refractivity contribution in [3.05, 3.63) is 54.4 Å². The maximum Gasteiger partial charge on any atom is 0.270 e. The van der Waals surface area contributed by atoms with Crippen LogP contribution in [0, 0.1) is 0 Å². The number of carbonyl (C=O) groups is 2. The topological polar surface area (TPSA) is 65.6 Å². The number of nitrogens with zero attached hydrogens (tertiary/aromatic N) is 2. The van der Waals surface area contributed by atoms with Crippen molar-refractivity contribution in [2.24, 2.45) is 0 Å². The number of benzene rings is 1. The summed E-state index contributed by atoms with van der Waals surface area (Å²) in [6.45, 7) is 2.16. The predicted molar refractivity (Wildman–Crippen MR) is 85.2 cm³/mol. The summed E-state index contributed by atoms with van der Waals surface area (Å²) in [5.74, 6) is 0.602. The van der Waals surface area contributed by atoms with Crippen molar-refractivity contribution in [1.29, 1.82) is 0 Å². The molecule has 1 aromatic heterocycles. The molecule has 0 unspecified atom stereocenters. The van der Waals surface area contributed by atoms with E-state index >= 15 is 0 Å². The van der Waals surface area contributed by atoms with Crippen molar-refractivity contribution < 1.29 is 14.3 Å². The third kappa shape index (κ3) is 3.71. The molecule has 0 aliphatic carbocycles. The number of para-hydroxylation sites is 1. The van der Waals surface area contributed by atoms with Gasteiger partial charge in [-0.25, -0.2) is 0 Å². The molecule has 6 heteroatoms. The summed E-state index contributed by atoms with van der Waals surface area (Å²) in [7, 11) is 0. The SMILES string of the molecule is O=C(COc1ccccc1)N1CCN(C(=O)c2ccc[nH]2)CC1. The molecule has 2 amide bonds. The van der Waals surface area contributed by atoms with E-state index in [4.69, 9.17) is 4.74 Å². The van der Waals surface area contributed by atoms with E-state index in [2.05, 4.69) is 4.98 Å². The summed E-state index contributed by atoms with van der Waals surface area (Å²) >= 11 is 0. The van der Waals surface area contributed by atoms with Crippen LogP contribution in [0.1, 0.15) is 10.5 Å². The first-order valence-corrected chi connectivity index (χ1v) is 7.62. The van der Waals surface area contributed by atoms with Gasteiger partial charge in [0, 0.05) is 32.4 Å². The molecule has 2 aromatic rings. The largest absolute Gasteiger partial charge is 0.484 e. The number of amides is 2. The number of hydrogen-bond donors (Lipinski definition) is 1. The molecule has 0 saturated carbocycles. The third-order valence-electron chi connectivity index (χ3n) is 3.85. The molecule has 1 fully saturated rings. The molecule has 0 spiro atoms. The molecular formula is C17H19N3O3. The fourth-order valence-corrected chi connectivity index (χ4v) is 2.55. The Morgan fingerprint density at radius 2 is 1.65 bits per heavy atom. The highest BCUT2D eigenvalue weighted by molar-refractivity contribution is 5.92. The molecule has 0 atom stereocenters. The van der Waals surface area contributed by atoms with Crippen LogP contribution in [0.2, 0.25) is 0 Å². The van der Waals surface area contributed by atoms with E-state index in [0.29, 0.717) is 37.6 Å². The summed E-state index contributed by atoms with van der Waals surface area (Å²) < 4.78 is 5.48. The molecule has 0 radical (unpaired) electrons. The monoisotopic (exact) mass is 313 g/mol. The van der Waals surface area contributed by atoms with E-state index in [1.807, 2.05) is 30.3 Å². The Morgan fingerprint density at radius 1 is 0.957 bits per heavy atom. The quantitative estimate of drug-likeness (QED) is 0.927. The summed E-state index contributed by atoms with van der Waals surface area (Å²) in [6.07, 6.45) is 1.73. The van der Waals surface area contributed by atoms with Crippen LogP contribution < -0.4 is 4.74 Å². The standard InChI is InChI=1S/C17H19N3O3/c21-16(13-23-14-5-2-1-3-6-14)19-9-11-20(12-10-19)17(22)15-7-4-8-18-15/h1-8,18H,9-13H2.